The monoisotopic (exact) mass is 340 g/mol. The third-order valence-corrected chi connectivity index (χ3v) is 4.99. The molecule has 2 atom stereocenters. The van der Waals surface area contributed by atoms with Gasteiger partial charge in [0.15, 0.2) is 0 Å². The first-order valence-corrected chi connectivity index (χ1v) is 8.37. The number of H-pyrrole nitrogens is 1. The summed E-state index contributed by atoms with van der Waals surface area (Å²) in [6.07, 6.45) is 4.20. The van der Waals surface area contributed by atoms with Crippen molar-refractivity contribution in [2.75, 3.05) is 26.4 Å². The average molecular weight is 341 g/mol. The van der Waals surface area contributed by atoms with Crippen LogP contribution in [0.3, 0.4) is 0 Å². The lowest BCUT2D eigenvalue weighted by atomic mass is 9.79. The maximum absolute atomic E-state index is 12.4. The van der Waals surface area contributed by atoms with Crippen molar-refractivity contribution in [3.8, 4) is 0 Å². The normalized spacial score (nSPS) is 26.0. The molecule has 2 aliphatic rings. The van der Waals surface area contributed by atoms with Gasteiger partial charge in [0.25, 0.3) is 11.5 Å². The Kier molecular flexibility index (Phi) is 5.35. The Labute approximate surface area is 139 Å². The molecule has 1 amide bonds. The maximum atomic E-state index is 12.4. The van der Waals surface area contributed by atoms with Gasteiger partial charge in [-0.3, -0.25) is 9.59 Å². The lowest BCUT2D eigenvalue weighted by Crippen LogP contribution is -2.49. The molecular weight excluding hydrogens is 320 g/mol. The zero-order valence-electron chi connectivity index (χ0n) is 12.8. The Morgan fingerprint density at radius 2 is 1.96 bits per heavy atom. The highest BCUT2D eigenvalue weighted by Gasteiger charge is 2.34. The number of aromatic nitrogens is 1. The second-order valence-electron chi connectivity index (χ2n) is 6.12. The summed E-state index contributed by atoms with van der Waals surface area (Å²) >= 11 is 5.79. The van der Waals surface area contributed by atoms with E-state index in [1.807, 2.05) is 0 Å². The Bertz CT molecular complexity index is 612. The van der Waals surface area contributed by atoms with Crippen molar-refractivity contribution in [3.05, 3.63) is 33.2 Å². The minimum Gasteiger partial charge on any atom is -0.381 e. The van der Waals surface area contributed by atoms with Crippen LogP contribution in [0, 0.1) is 11.8 Å². The van der Waals surface area contributed by atoms with Crippen LogP contribution >= 0.6 is 11.6 Å². The Hall–Kier alpha value is -1.37. The molecular formula is C16H21ClN2O4. The number of hydrogen-bond donors (Lipinski definition) is 2. The van der Waals surface area contributed by atoms with Gasteiger partial charge in [-0.1, -0.05) is 11.6 Å². The van der Waals surface area contributed by atoms with Crippen LogP contribution < -0.4 is 10.9 Å². The van der Waals surface area contributed by atoms with Gasteiger partial charge in [0.1, 0.15) is 5.02 Å². The molecule has 23 heavy (non-hydrogen) atoms. The van der Waals surface area contributed by atoms with Gasteiger partial charge in [-0.2, -0.15) is 0 Å². The maximum Gasteiger partial charge on any atom is 0.266 e. The molecule has 0 aliphatic carbocycles. The van der Waals surface area contributed by atoms with Crippen molar-refractivity contribution < 1.29 is 14.3 Å². The minimum absolute atomic E-state index is 0.0191. The summed E-state index contributed by atoms with van der Waals surface area (Å²) in [7, 11) is 0. The smallest absolute Gasteiger partial charge is 0.266 e. The topological polar surface area (TPSA) is 80.4 Å². The molecule has 0 radical (unpaired) electrons. The van der Waals surface area contributed by atoms with Gasteiger partial charge in [0, 0.05) is 38.0 Å². The summed E-state index contributed by atoms with van der Waals surface area (Å²) in [5, 5.41) is 3.11. The molecule has 2 fully saturated rings. The van der Waals surface area contributed by atoms with Crippen LogP contribution in [-0.4, -0.2) is 43.4 Å². The van der Waals surface area contributed by atoms with Gasteiger partial charge < -0.3 is 19.8 Å². The first-order chi connectivity index (χ1) is 11.1. The van der Waals surface area contributed by atoms with Crippen molar-refractivity contribution in [2.45, 2.75) is 25.3 Å². The zero-order valence-corrected chi connectivity index (χ0v) is 13.6. The summed E-state index contributed by atoms with van der Waals surface area (Å²) in [5.41, 5.74) is -0.0267. The number of carbonyl (C=O) groups excluding carboxylic acids is 1. The number of carbonyl (C=O) groups is 1. The number of amides is 1. The molecule has 0 bridgehead atoms. The number of aromatic amines is 1. The molecule has 126 valence electrons. The van der Waals surface area contributed by atoms with Crippen LogP contribution in [0.4, 0.5) is 0 Å². The molecule has 7 heteroatoms. The van der Waals surface area contributed by atoms with Crippen LogP contribution in [0.2, 0.25) is 5.02 Å². The quantitative estimate of drug-likeness (QED) is 0.875. The van der Waals surface area contributed by atoms with Crippen molar-refractivity contribution in [2.24, 2.45) is 11.8 Å². The second-order valence-corrected chi connectivity index (χ2v) is 6.53. The van der Waals surface area contributed by atoms with Gasteiger partial charge >= 0.3 is 0 Å². The van der Waals surface area contributed by atoms with E-state index in [0.29, 0.717) is 30.6 Å². The predicted octanol–water partition coefficient (Wildman–Crippen LogP) is 1.59. The van der Waals surface area contributed by atoms with E-state index in [2.05, 4.69) is 10.3 Å². The van der Waals surface area contributed by atoms with E-state index in [4.69, 9.17) is 21.1 Å². The van der Waals surface area contributed by atoms with Crippen LogP contribution in [0.15, 0.2) is 17.1 Å². The first-order valence-electron chi connectivity index (χ1n) is 7.99. The Balaban J connectivity index is 1.69. The Morgan fingerprint density at radius 3 is 2.70 bits per heavy atom. The summed E-state index contributed by atoms with van der Waals surface area (Å²) in [6.45, 7) is 2.87. The number of ether oxygens (including phenoxy) is 2. The molecule has 0 unspecified atom stereocenters. The van der Waals surface area contributed by atoms with E-state index >= 15 is 0 Å². The van der Waals surface area contributed by atoms with E-state index in [1.54, 1.807) is 0 Å². The summed E-state index contributed by atoms with van der Waals surface area (Å²) in [4.78, 5) is 26.2. The highest BCUT2D eigenvalue weighted by atomic mass is 35.5. The molecule has 2 N–H and O–H groups in total. The highest BCUT2D eigenvalue weighted by Crippen LogP contribution is 2.30. The third-order valence-electron chi connectivity index (χ3n) is 4.71. The summed E-state index contributed by atoms with van der Waals surface area (Å²) < 4.78 is 11.1. The van der Waals surface area contributed by atoms with E-state index in [1.165, 1.54) is 12.3 Å². The van der Waals surface area contributed by atoms with Crippen LogP contribution in [-0.2, 0) is 9.47 Å². The molecule has 0 aromatic carbocycles. The van der Waals surface area contributed by atoms with Crippen LogP contribution in [0.1, 0.15) is 29.6 Å². The number of hydrogen-bond acceptors (Lipinski definition) is 4. The average Bonchev–Trinajstić information content (AvgIpc) is 2.58. The van der Waals surface area contributed by atoms with Crippen LogP contribution in [0.25, 0.3) is 0 Å². The highest BCUT2D eigenvalue weighted by molar-refractivity contribution is 6.30. The van der Waals surface area contributed by atoms with Crippen LogP contribution in [0.5, 0.6) is 0 Å². The van der Waals surface area contributed by atoms with Crippen molar-refractivity contribution in [3.63, 3.8) is 0 Å². The Morgan fingerprint density at radius 1 is 1.22 bits per heavy atom. The van der Waals surface area contributed by atoms with Gasteiger partial charge in [0.2, 0.25) is 0 Å². The van der Waals surface area contributed by atoms with Gasteiger partial charge in [-0.05, 0) is 31.2 Å². The molecule has 1 aromatic rings. The molecule has 2 saturated heterocycles. The number of halogens is 1. The molecule has 3 rings (SSSR count). The van der Waals surface area contributed by atoms with Crippen molar-refractivity contribution >= 4 is 17.5 Å². The minimum atomic E-state index is -0.394. The second kappa shape index (κ2) is 7.47. The van der Waals surface area contributed by atoms with E-state index in [-0.39, 0.29) is 17.0 Å². The molecule has 3 heterocycles. The van der Waals surface area contributed by atoms with Gasteiger partial charge in [-0.15, -0.1) is 0 Å². The van der Waals surface area contributed by atoms with E-state index in [0.717, 1.165) is 32.5 Å². The fourth-order valence-electron chi connectivity index (χ4n) is 3.39. The first kappa shape index (κ1) is 16.5. The predicted molar refractivity (Wildman–Crippen MR) is 85.8 cm³/mol. The lowest BCUT2D eigenvalue weighted by Gasteiger charge is -2.39. The standard InChI is InChI=1S/C16H21ClN2O4/c17-13-7-11(8-18-16(13)21)15(20)19-14-3-6-23-9-12(14)10-1-4-22-5-2-10/h7-8,10,12,14H,1-6,9H2,(H,18,21)(H,19,20)/t12-,14-/m1/s1. The molecule has 0 spiro atoms. The SMILES string of the molecule is O=C(N[C@@H]1CCOC[C@@H]1C1CCOCC1)c1c[nH]c(=O)c(Cl)c1. The van der Waals surface area contributed by atoms with Crippen molar-refractivity contribution in [1.82, 2.24) is 10.3 Å². The third kappa shape index (κ3) is 3.94. The zero-order chi connectivity index (χ0) is 16.2. The fraction of sp³-hybridized carbons (Fsp3) is 0.625. The largest absolute Gasteiger partial charge is 0.381 e. The number of nitrogens with one attached hydrogen (secondary N) is 2. The fourth-order valence-corrected chi connectivity index (χ4v) is 3.56. The van der Waals surface area contributed by atoms with Gasteiger partial charge in [-0.25, -0.2) is 0 Å². The lowest BCUT2D eigenvalue weighted by molar-refractivity contribution is -0.0259. The number of rotatable bonds is 3. The summed E-state index contributed by atoms with van der Waals surface area (Å²) in [6, 6.07) is 1.48. The molecule has 1 aromatic heterocycles. The van der Waals surface area contributed by atoms with E-state index < -0.39 is 5.56 Å². The van der Waals surface area contributed by atoms with E-state index in [9.17, 15) is 9.59 Å². The van der Waals surface area contributed by atoms with Crippen molar-refractivity contribution in [1.29, 1.82) is 0 Å². The number of pyridine rings is 1. The molecule has 0 saturated carbocycles. The summed E-state index contributed by atoms with van der Waals surface area (Å²) in [5.74, 6) is 0.593. The molecule has 6 nitrogen and oxygen atoms in total. The molecule has 2 aliphatic heterocycles. The van der Waals surface area contributed by atoms with Gasteiger partial charge in [0.05, 0.1) is 12.2 Å².